The molecule has 3 unspecified atom stereocenters. The van der Waals surface area contributed by atoms with Gasteiger partial charge in [0.1, 0.15) is 0 Å². The number of amides is 2. The Kier molecular flexibility index (Phi) is 5.99. The fourth-order valence-corrected chi connectivity index (χ4v) is 2.66. The van der Waals surface area contributed by atoms with Crippen LogP contribution < -0.4 is 16.4 Å². The fraction of sp³-hybridized carbons (Fsp3) is 0.867. The molecule has 0 heterocycles. The number of rotatable bonds is 4. The number of hydrogen-bond acceptors (Lipinski definition) is 3. The van der Waals surface area contributed by atoms with Gasteiger partial charge in [0.25, 0.3) is 0 Å². The lowest BCUT2D eigenvalue weighted by Gasteiger charge is -2.32. The number of nitrogens with one attached hydrogen (secondary N) is 2. The summed E-state index contributed by atoms with van der Waals surface area (Å²) in [5, 5.41) is 5.71. The molecule has 1 fully saturated rings. The minimum absolute atomic E-state index is 0.00684. The smallest absolute Gasteiger partial charge is 0.224 e. The Hall–Kier alpha value is -1.10. The molecular weight excluding hydrogens is 254 g/mol. The molecule has 1 aliphatic rings. The lowest BCUT2D eigenvalue weighted by atomic mass is 9.78. The molecule has 0 aromatic carbocycles. The largest absolute Gasteiger partial charge is 0.355 e. The Labute approximate surface area is 122 Å². The summed E-state index contributed by atoms with van der Waals surface area (Å²) < 4.78 is 0. The molecule has 1 saturated carbocycles. The van der Waals surface area contributed by atoms with Crippen LogP contribution in [0.3, 0.4) is 0 Å². The van der Waals surface area contributed by atoms with Gasteiger partial charge in [0.05, 0.1) is 5.92 Å². The second kappa shape index (κ2) is 7.07. The van der Waals surface area contributed by atoms with Crippen LogP contribution in [0.1, 0.15) is 53.4 Å². The molecule has 0 aromatic rings. The van der Waals surface area contributed by atoms with Crippen molar-refractivity contribution in [3.63, 3.8) is 0 Å². The fourth-order valence-electron chi connectivity index (χ4n) is 2.66. The average molecular weight is 283 g/mol. The van der Waals surface area contributed by atoms with Gasteiger partial charge in [-0.2, -0.15) is 0 Å². The minimum atomic E-state index is -0.234. The number of carbonyl (C=O) groups excluding carboxylic acids is 2. The van der Waals surface area contributed by atoms with Crippen LogP contribution >= 0.6 is 0 Å². The lowest BCUT2D eigenvalue weighted by Crippen LogP contribution is -2.48. The first kappa shape index (κ1) is 17.0. The van der Waals surface area contributed by atoms with Gasteiger partial charge in [0.2, 0.25) is 11.8 Å². The van der Waals surface area contributed by atoms with Crippen molar-refractivity contribution in [2.45, 2.75) is 65.0 Å². The van der Waals surface area contributed by atoms with Crippen molar-refractivity contribution in [1.82, 2.24) is 10.6 Å². The molecule has 5 heteroatoms. The van der Waals surface area contributed by atoms with E-state index in [9.17, 15) is 9.59 Å². The summed E-state index contributed by atoms with van der Waals surface area (Å²) in [6.45, 7) is 8.28. The molecule has 20 heavy (non-hydrogen) atoms. The van der Waals surface area contributed by atoms with Crippen LogP contribution in [0.2, 0.25) is 0 Å². The van der Waals surface area contributed by atoms with Crippen LogP contribution in [0, 0.1) is 11.8 Å². The van der Waals surface area contributed by atoms with Gasteiger partial charge >= 0.3 is 0 Å². The van der Waals surface area contributed by atoms with E-state index in [1.54, 1.807) is 0 Å². The topological polar surface area (TPSA) is 84.2 Å². The highest BCUT2D eigenvalue weighted by Crippen LogP contribution is 2.27. The van der Waals surface area contributed by atoms with Crippen LogP contribution in [-0.2, 0) is 9.59 Å². The second-order valence-corrected chi connectivity index (χ2v) is 6.93. The Morgan fingerprint density at radius 1 is 1.25 bits per heavy atom. The van der Waals surface area contributed by atoms with Gasteiger partial charge in [0.15, 0.2) is 0 Å². The van der Waals surface area contributed by atoms with Crippen LogP contribution in [0.4, 0.5) is 0 Å². The number of nitrogens with two attached hydrogens (primary N) is 1. The van der Waals surface area contributed by atoms with Gasteiger partial charge in [-0.1, -0.05) is 13.3 Å². The van der Waals surface area contributed by atoms with Crippen molar-refractivity contribution in [3.05, 3.63) is 0 Å². The van der Waals surface area contributed by atoms with E-state index in [0.29, 0.717) is 18.9 Å². The predicted molar refractivity (Wildman–Crippen MR) is 80.0 cm³/mol. The highest BCUT2D eigenvalue weighted by atomic mass is 16.2. The van der Waals surface area contributed by atoms with Crippen molar-refractivity contribution >= 4 is 11.8 Å². The zero-order chi connectivity index (χ0) is 15.3. The Morgan fingerprint density at radius 3 is 2.50 bits per heavy atom. The third kappa shape index (κ3) is 5.49. The zero-order valence-corrected chi connectivity index (χ0v) is 13.2. The molecule has 0 spiro atoms. The first-order chi connectivity index (χ1) is 9.20. The van der Waals surface area contributed by atoms with Gasteiger partial charge in [-0.15, -0.1) is 0 Å². The summed E-state index contributed by atoms with van der Waals surface area (Å²) in [6.07, 6.45) is 3.31. The molecule has 0 aromatic heterocycles. The normalized spacial score (nSPS) is 26.9. The van der Waals surface area contributed by atoms with Crippen LogP contribution in [0.25, 0.3) is 0 Å². The summed E-state index contributed by atoms with van der Waals surface area (Å²) >= 11 is 0. The third-order valence-corrected chi connectivity index (χ3v) is 3.80. The first-order valence-electron chi connectivity index (χ1n) is 7.55. The Morgan fingerprint density at radius 2 is 1.90 bits per heavy atom. The highest BCUT2D eigenvalue weighted by molar-refractivity contribution is 5.81. The average Bonchev–Trinajstić information content (AvgIpc) is 2.30. The molecule has 2 amide bonds. The van der Waals surface area contributed by atoms with Crippen LogP contribution in [0.15, 0.2) is 0 Å². The van der Waals surface area contributed by atoms with Gasteiger partial charge in [-0.3, -0.25) is 9.59 Å². The molecule has 3 atom stereocenters. The van der Waals surface area contributed by atoms with Crippen molar-refractivity contribution in [1.29, 1.82) is 0 Å². The van der Waals surface area contributed by atoms with Gasteiger partial charge in [0, 0.05) is 24.5 Å². The maximum Gasteiger partial charge on any atom is 0.224 e. The Bertz CT molecular complexity index is 350. The molecule has 0 radical (unpaired) electrons. The van der Waals surface area contributed by atoms with E-state index >= 15 is 0 Å². The van der Waals surface area contributed by atoms with Crippen molar-refractivity contribution < 1.29 is 9.59 Å². The zero-order valence-electron chi connectivity index (χ0n) is 13.2. The van der Waals surface area contributed by atoms with E-state index < -0.39 is 0 Å². The van der Waals surface area contributed by atoms with Crippen LogP contribution in [-0.4, -0.2) is 29.9 Å². The molecule has 1 rings (SSSR count). The predicted octanol–water partition coefficient (Wildman–Crippen LogP) is 1.17. The molecule has 4 N–H and O–H groups in total. The van der Waals surface area contributed by atoms with E-state index in [-0.39, 0.29) is 29.3 Å². The van der Waals surface area contributed by atoms with E-state index in [4.69, 9.17) is 5.73 Å². The van der Waals surface area contributed by atoms with E-state index in [0.717, 1.165) is 19.3 Å². The van der Waals surface area contributed by atoms with Gasteiger partial charge < -0.3 is 16.4 Å². The van der Waals surface area contributed by atoms with E-state index in [1.807, 2.05) is 20.8 Å². The molecule has 0 saturated heterocycles. The van der Waals surface area contributed by atoms with Gasteiger partial charge in [-0.05, 0) is 39.5 Å². The summed E-state index contributed by atoms with van der Waals surface area (Å²) in [4.78, 5) is 23.7. The molecule has 0 aliphatic heterocycles. The molecule has 5 nitrogen and oxygen atoms in total. The van der Waals surface area contributed by atoms with Gasteiger partial charge in [-0.25, -0.2) is 0 Å². The molecular formula is C15H29N3O2. The van der Waals surface area contributed by atoms with E-state index in [1.165, 1.54) is 0 Å². The van der Waals surface area contributed by atoms with Crippen LogP contribution in [0.5, 0.6) is 0 Å². The SMILES string of the molecule is CC1CCCC(C(=O)NCCC(=O)NC(C)(C)C)C1N. The maximum absolute atomic E-state index is 12.1. The maximum atomic E-state index is 12.1. The second-order valence-electron chi connectivity index (χ2n) is 6.93. The van der Waals surface area contributed by atoms with Crippen molar-refractivity contribution in [3.8, 4) is 0 Å². The van der Waals surface area contributed by atoms with Crippen molar-refractivity contribution in [2.75, 3.05) is 6.54 Å². The molecule has 1 aliphatic carbocycles. The summed E-state index contributed by atoms with van der Waals surface area (Å²) in [6, 6.07) is -0.0628. The standard InChI is InChI=1S/C15H29N3O2/c1-10-6-5-7-11(13(10)16)14(20)17-9-8-12(19)18-15(2,3)4/h10-11,13H,5-9,16H2,1-4H3,(H,17,20)(H,18,19). The van der Waals surface area contributed by atoms with E-state index in [2.05, 4.69) is 17.6 Å². The lowest BCUT2D eigenvalue weighted by molar-refractivity contribution is -0.127. The first-order valence-corrected chi connectivity index (χ1v) is 7.55. The molecule has 0 bridgehead atoms. The monoisotopic (exact) mass is 283 g/mol. The molecule has 116 valence electrons. The number of carbonyl (C=O) groups is 2. The number of hydrogen-bond donors (Lipinski definition) is 3. The quantitative estimate of drug-likeness (QED) is 0.724. The summed E-state index contributed by atoms with van der Waals surface area (Å²) in [7, 11) is 0. The Balaban J connectivity index is 2.31. The highest BCUT2D eigenvalue weighted by Gasteiger charge is 2.32. The third-order valence-electron chi connectivity index (χ3n) is 3.80. The summed E-state index contributed by atoms with van der Waals surface area (Å²) in [5.74, 6) is 0.236. The summed E-state index contributed by atoms with van der Waals surface area (Å²) in [5.41, 5.74) is 5.86. The van der Waals surface area contributed by atoms with Crippen molar-refractivity contribution in [2.24, 2.45) is 17.6 Å². The minimum Gasteiger partial charge on any atom is -0.355 e.